The number of aryl methyl sites for hydroxylation is 1. The van der Waals surface area contributed by atoms with Crippen LogP contribution in [0.25, 0.3) is 0 Å². The molecule has 0 aromatic heterocycles. The van der Waals surface area contributed by atoms with Crippen molar-refractivity contribution in [1.82, 2.24) is 10.6 Å². The zero-order valence-corrected chi connectivity index (χ0v) is 27.9. The highest BCUT2D eigenvalue weighted by molar-refractivity contribution is 5.86. The summed E-state index contributed by atoms with van der Waals surface area (Å²) in [6.07, 6.45) is 13.6. The molecule has 2 fully saturated rings. The number of nitrogens with one attached hydrogen (secondary N) is 2. The molecule has 6 heteroatoms. The number of rotatable bonds is 17. The number of benzene rings is 1. The summed E-state index contributed by atoms with van der Waals surface area (Å²) in [5.41, 5.74) is 2.50. The Labute approximate surface area is 267 Å². The van der Waals surface area contributed by atoms with Crippen LogP contribution in [-0.4, -0.2) is 37.7 Å². The van der Waals surface area contributed by atoms with Gasteiger partial charge in [-0.2, -0.15) is 0 Å². The van der Waals surface area contributed by atoms with E-state index in [1.165, 1.54) is 31.2 Å². The molecule has 6 nitrogen and oxygen atoms in total. The standard InChI is InChI=1S/C38H58N2O4/c1-8-9-31-12-14-32(15-13-31)16-19-36(41)39-26-38(7)22-29(5)20-34(23-38)40-30(6)21-33(25-44-37(42)27(2)3)24-43-35-17-10-28(4)11-18-35/h8,10-11,17-18,29,31-34,40H,1-2,6,9,12-16,19-26H2,3-5,7H3,(H,39,41). The van der Waals surface area contributed by atoms with Crippen LogP contribution in [-0.2, 0) is 14.3 Å². The van der Waals surface area contributed by atoms with Crippen molar-refractivity contribution in [2.24, 2.45) is 29.1 Å². The van der Waals surface area contributed by atoms with Gasteiger partial charge in [0.2, 0.25) is 5.91 Å². The molecule has 0 radical (unpaired) electrons. The van der Waals surface area contributed by atoms with E-state index in [0.717, 1.165) is 49.5 Å². The summed E-state index contributed by atoms with van der Waals surface area (Å²) in [5, 5.41) is 6.98. The lowest BCUT2D eigenvalue weighted by molar-refractivity contribution is -0.140. The van der Waals surface area contributed by atoms with E-state index in [1.807, 2.05) is 37.3 Å². The van der Waals surface area contributed by atoms with Gasteiger partial charge in [0, 0.05) is 36.2 Å². The van der Waals surface area contributed by atoms with Gasteiger partial charge < -0.3 is 20.1 Å². The van der Waals surface area contributed by atoms with Crippen LogP contribution < -0.4 is 15.4 Å². The van der Waals surface area contributed by atoms with Crippen molar-refractivity contribution >= 4 is 11.9 Å². The van der Waals surface area contributed by atoms with Crippen LogP contribution in [0, 0.1) is 36.0 Å². The lowest BCUT2D eigenvalue weighted by Gasteiger charge is -2.42. The van der Waals surface area contributed by atoms with Crippen LogP contribution in [0.5, 0.6) is 5.75 Å². The Bertz CT molecular complexity index is 1100. The second-order valence-electron chi connectivity index (χ2n) is 14.3. The third kappa shape index (κ3) is 12.5. The second kappa shape index (κ2) is 17.5. The highest BCUT2D eigenvalue weighted by Crippen LogP contribution is 2.39. The molecule has 2 N–H and O–H groups in total. The van der Waals surface area contributed by atoms with Gasteiger partial charge in [0.05, 0.1) is 13.2 Å². The lowest BCUT2D eigenvalue weighted by atomic mass is 9.69. The first-order chi connectivity index (χ1) is 20.9. The summed E-state index contributed by atoms with van der Waals surface area (Å²) in [6, 6.07) is 8.23. The number of esters is 1. The molecular weight excluding hydrogens is 548 g/mol. The summed E-state index contributed by atoms with van der Waals surface area (Å²) in [5.74, 6) is 2.55. The Morgan fingerprint density at radius 1 is 1.07 bits per heavy atom. The normalized spacial score (nSPS) is 25.7. The molecule has 0 heterocycles. The first kappa shape index (κ1) is 35.5. The van der Waals surface area contributed by atoms with E-state index in [2.05, 4.69) is 44.2 Å². The summed E-state index contributed by atoms with van der Waals surface area (Å²) in [7, 11) is 0. The number of hydrogen-bond donors (Lipinski definition) is 2. The molecule has 244 valence electrons. The van der Waals surface area contributed by atoms with Crippen LogP contribution in [0.1, 0.15) is 97.0 Å². The Hall–Kier alpha value is -3.02. The molecule has 0 saturated heterocycles. The Morgan fingerprint density at radius 2 is 1.75 bits per heavy atom. The third-order valence-electron chi connectivity index (χ3n) is 9.47. The summed E-state index contributed by atoms with van der Waals surface area (Å²) in [4.78, 5) is 24.9. The van der Waals surface area contributed by atoms with E-state index < -0.39 is 5.97 Å². The highest BCUT2D eigenvalue weighted by atomic mass is 16.5. The van der Waals surface area contributed by atoms with Gasteiger partial charge in [-0.1, -0.05) is 63.6 Å². The van der Waals surface area contributed by atoms with Gasteiger partial charge >= 0.3 is 5.97 Å². The first-order valence-corrected chi connectivity index (χ1v) is 16.8. The highest BCUT2D eigenvalue weighted by Gasteiger charge is 2.36. The fourth-order valence-corrected chi connectivity index (χ4v) is 7.18. The zero-order chi connectivity index (χ0) is 32.1. The van der Waals surface area contributed by atoms with Crippen LogP contribution in [0.15, 0.2) is 61.3 Å². The van der Waals surface area contributed by atoms with Crippen LogP contribution in [0.2, 0.25) is 0 Å². The number of hydrogen-bond acceptors (Lipinski definition) is 5. The van der Waals surface area contributed by atoms with E-state index in [1.54, 1.807) is 6.92 Å². The molecule has 0 aliphatic heterocycles. The van der Waals surface area contributed by atoms with Gasteiger partial charge in [-0.05, 0) is 101 Å². The third-order valence-corrected chi connectivity index (χ3v) is 9.47. The van der Waals surface area contributed by atoms with Gasteiger partial charge in [-0.3, -0.25) is 4.79 Å². The largest absolute Gasteiger partial charge is 0.493 e. The van der Waals surface area contributed by atoms with Crippen molar-refractivity contribution in [1.29, 1.82) is 0 Å². The lowest BCUT2D eigenvalue weighted by Crippen LogP contribution is -2.46. The molecule has 2 aliphatic rings. The molecule has 3 rings (SSSR count). The number of ether oxygens (including phenoxy) is 2. The van der Waals surface area contributed by atoms with Crippen molar-refractivity contribution in [2.75, 3.05) is 19.8 Å². The van der Waals surface area contributed by atoms with Gasteiger partial charge in [-0.25, -0.2) is 4.79 Å². The van der Waals surface area contributed by atoms with Gasteiger partial charge in [0.1, 0.15) is 5.75 Å². The Morgan fingerprint density at radius 3 is 2.41 bits per heavy atom. The molecule has 2 aliphatic carbocycles. The zero-order valence-electron chi connectivity index (χ0n) is 27.9. The van der Waals surface area contributed by atoms with Crippen molar-refractivity contribution in [3.8, 4) is 5.75 Å². The van der Waals surface area contributed by atoms with E-state index in [9.17, 15) is 9.59 Å². The Balaban J connectivity index is 1.47. The van der Waals surface area contributed by atoms with Crippen LogP contribution >= 0.6 is 0 Å². The number of allylic oxidation sites excluding steroid dienone is 2. The summed E-state index contributed by atoms with van der Waals surface area (Å²) >= 11 is 0. The van der Waals surface area contributed by atoms with E-state index >= 15 is 0 Å². The molecule has 0 bridgehead atoms. The maximum atomic E-state index is 12.8. The van der Waals surface area contributed by atoms with Gasteiger partial charge in [0.15, 0.2) is 0 Å². The molecule has 1 amide bonds. The molecular formula is C38H58N2O4. The first-order valence-electron chi connectivity index (χ1n) is 16.8. The molecule has 4 atom stereocenters. The maximum absolute atomic E-state index is 12.8. The minimum atomic E-state index is -0.390. The fourth-order valence-electron chi connectivity index (χ4n) is 7.18. The number of carbonyl (C=O) groups excluding carboxylic acids is 2. The van der Waals surface area contributed by atoms with Crippen molar-refractivity contribution < 1.29 is 19.1 Å². The van der Waals surface area contributed by atoms with Crippen molar-refractivity contribution in [3.63, 3.8) is 0 Å². The summed E-state index contributed by atoms with van der Waals surface area (Å²) < 4.78 is 11.6. The van der Waals surface area contributed by atoms with Crippen LogP contribution in [0.4, 0.5) is 0 Å². The predicted molar refractivity (Wildman–Crippen MR) is 180 cm³/mol. The average molecular weight is 607 g/mol. The number of amides is 1. The predicted octanol–water partition coefficient (Wildman–Crippen LogP) is 8.08. The van der Waals surface area contributed by atoms with Gasteiger partial charge in [-0.15, -0.1) is 6.58 Å². The second-order valence-corrected chi connectivity index (χ2v) is 14.3. The smallest absolute Gasteiger partial charge is 0.333 e. The quantitative estimate of drug-likeness (QED) is 0.107. The minimum Gasteiger partial charge on any atom is -0.493 e. The Kier molecular flexibility index (Phi) is 14.1. The van der Waals surface area contributed by atoms with Crippen LogP contribution in [0.3, 0.4) is 0 Å². The fraction of sp³-hybridized carbons (Fsp3) is 0.632. The average Bonchev–Trinajstić information content (AvgIpc) is 2.97. The molecule has 4 unspecified atom stereocenters. The van der Waals surface area contributed by atoms with Crippen molar-refractivity contribution in [2.45, 2.75) is 104 Å². The molecule has 2 saturated carbocycles. The van der Waals surface area contributed by atoms with Gasteiger partial charge in [0.25, 0.3) is 0 Å². The molecule has 1 aromatic carbocycles. The van der Waals surface area contributed by atoms with E-state index in [-0.39, 0.29) is 29.9 Å². The number of carbonyl (C=O) groups is 2. The topological polar surface area (TPSA) is 76.7 Å². The van der Waals surface area contributed by atoms with E-state index in [0.29, 0.717) is 43.4 Å². The SMILES string of the molecule is C=CCC1CCC(CCC(=O)NCC2(C)CC(C)CC(NC(=C)CC(COC(=O)C(=C)C)COc3ccc(C)cc3)C2)CC1. The molecule has 1 aromatic rings. The maximum Gasteiger partial charge on any atom is 0.333 e. The summed E-state index contributed by atoms with van der Waals surface area (Å²) in [6.45, 7) is 21.6. The molecule has 44 heavy (non-hydrogen) atoms. The van der Waals surface area contributed by atoms with Crippen molar-refractivity contribution in [3.05, 3.63) is 66.9 Å². The molecule has 0 spiro atoms. The minimum absolute atomic E-state index is 0.0268. The van der Waals surface area contributed by atoms with E-state index in [4.69, 9.17) is 9.47 Å². The monoisotopic (exact) mass is 606 g/mol.